The van der Waals surface area contributed by atoms with Gasteiger partial charge in [0.25, 0.3) is 0 Å². The van der Waals surface area contributed by atoms with Crippen LogP contribution in [0.15, 0.2) is 30.3 Å². The Morgan fingerprint density at radius 1 is 1.02 bits per heavy atom. The van der Waals surface area contributed by atoms with Crippen LogP contribution in [-0.2, 0) is 14.9 Å². The molecule has 0 spiro atoms. The minimum Gasteiger partial charge on any atom is -0.444 e. The second kappa shape index (κ2) is 9.35. The number of aromatic nitrogens is 2. The number of aromatic amines is 1. The van der Waals surface area contributed by atoms with E-state index in [0.717, 1.165) is 41.5 Å². The van der Waals surface area contributed by atoms with Crippen LogP contribution in [0.3, 0.4) is 0 Å². The minimum atomic E-state index is -5.81. The quantitative estimate of drug-likeness (QED) is 0.278. The molecule has 0 radical (unpaired) electrons. The predicted octanol–water partition coefficient (Wildman–Crippen LogP) is 6.35. The third kappa shape index (κ3) is 4.72. The van der Waals surface area contributed by atoms with Crippen LogP contribution in [0.25, 0.3) is 22.2 Å². The summed E-state index contributed by atoms with van der Waals surface area (Å²) in [5.74, 6) is 0.374. The molecular weight excluding hydrogens is 561 g/mol. The molecule has 41 heavy (non-hydrogen) atoms. The summed E-state index contributed by atoms with van der Waals surface area (Å²) in [7, 11) is -3.92. The lowest BCUT2D eigenvalue weighted by Gasteiger charge is -2.27. The van der Waals surface area contributed by atoms with E-state index in [1.165, 1.54) is 6.07 Å². The number of ether oxygens (including phenoxy) is 1. The summed E-state index contributed by atoms with van der Waals surface area (Å²) in [6.07, 6.45) is 2.68. The Labute approximate surface area is 235 Å². The molecule has 6 rings (SSSR count). The molecule has 2 aromatic carbocycles. The van der Waals surface area contributed by atoms with Crippen molar-refractivity contribution in [1.29, 1.82) is 0 Å². The number of carbonyl (C=O) groups excluding carboxylic acids is 1. The number of benzene rings is 2. The third-order valence-electron chi connectivity index (χ3n) is 8.10. The van der Waals surface area contributed by atoms with E-state index in [-0.39, 0.29) is 30.0 Å². The molecule has 0 aliphatic carbocycles. The van der Waals surface area contributed by atoms with Crippen molar-refractivity contribution in [3.63, 3.8) is 0 Å². The van der Waals surface area contributed by atoms with Gasteiger partial charge in [0.1, 0.15) is 17.2 Å². The van der Waals surface area contributed by atoms with Crippen LogP contribution >= 0.6 is 0 Å². The number of imidazole rings is 1. The van der Waals surface area contributed by atoms with Gasteiger partial charge in [0.2, 0.25) is 0 Å². The minimum absolute atomic E-state index is 0.0731. The van der Waals surface area contributed by atoms with Gasteiger partial charge in [0.15, 0.2) is 0 Å². The summed E-state index contributed by atoms with van der Waals surface area (Å²) < 4.78 is 73.3. The number of H-pyrrole nitrogens is 1. The molecule has 2 saturated heterocycles. The second-order valence-electron chi connectivity index (χ2n) is 11.9. The Morgan fingerprint density at radius 3 is 2.41 bits per heavy atom. The Hall–Kier alpha value is -3.32. The number of nitrogens with one attached hydrogen (secondary N) is 1. The fraction of sp³-hybridized carbons (Fsp3) is 0.500. The van der Waals surface area contributed by atoms with Crippen molar-refractivity contribution in [1.82, 2.24) is 19.8 Å². The van der Waals surface area contributed by atoms with Crippen LogP contribution in [0.5, 0.6) is 5.75 Å². The fourth-order valence-corrected chi connectivity index (χ4v) is 6.87. The zero-order valence-corrected chi connectivity index (χ0v) is 23.9. The Balaban J connectivity index is 1.37. The number of fused-ring (bicyclic) bond motifs is 6. The number of alkyl halides is 3. The van der Waals surface area contributed by atoms with Crippen LogP contribution in [0.2, 0.25) is 0 Å². The van der Waals surface area contributed by atoms with E-state index in [4.69, 9.17) is 9.72 Å². The van der Waals surface area contributed by atoms with Crippen molar-refractivity contribution in [2.75, 3.05) is 13.6 Å². The highest BCUT2D eigenvalue weighted by atomic mass is 32.2. The predicted molar refractivity (Wildman–Crippen MR) is 145 cm³/mol. The van der Waals surface area contributed by atoms with Gasteiger partial charge in [-0.25, -0.2) is 9.78 Å². The van der Waals surface area contributed by atoms with Gasteiger partial charge in [0, 0.05) is 24.2 Å². The number of rotatable bonds is 4. The van der Waals surface area contributed by atoms with Gasteiger partial charge in [-0.1, -0.05) is 12.1 Å². The van der Waals surface area contributed by atoms with Crippen LogP contribution in [0.1, 0.15) is 81.5 Å². The Kier molecular flexibility index (Phi) is 6.34. The van der Waals surface area contributed by atoms with Crippen LogP contribution in [-0.4, -0.2) is 59.0 Å². The first-order valence-corrected chi connectivity index (χ1v) is 14.9. The Morgan fingerprint density at radius 2 is 1.73 bits per heavy atom. The molecule has 3 aromatic rings. The number of nitrogens with zero attached hydrogens (tertiary/aromatic N) is 3. The van der Waals surface area contributed by atoms with Crippen molar-refractivity contribution in [3.8, 4) is 16.9 Å². The highest BCUT2D eigenvalue weighted by molar-refractivity contribution is 7.88. The van der Waals surface area contributed by atoms with E-state index in [1.54, 1.807) is 11.0 Å². The van der Waals surface area contributed by atoms with Crippen molar-refractivity contribution in [2.24, 2.45) is 0 Å². The van der Waals surface area contributed by atoms with Gasteiger partial charge in [-0.05, 0) is 88.4 Å². The largest absolute Gasteiger partial charge is 0.534 e. The number of hydrogen-bond acceptors (Lipinski definition) is 7. The first-order valence-electron chi connectivity index (χ1n) is 13.5. The molecule has 3 atom stereocenters. The molecule has 4 heterocycles. The van der Waals surface area contributed by atoms with Crippen LogP contribution in [0.4, 0.5) is 18.0 Å². The van der Waals surface area contributed by atoms with E-state index >= 15 is 0 Å². The lowest BCUT2D eigenvalue weighted by molar-refractivity contribution is -0.0500. The monoisotopic (exact) mass is 592 g/mol. The standard InChI is InChI=1S/C28H31F3N4O5S/c1-27(2,3)39-26(36)35-13-5-6-21(35)25-32-17-9-7-15(14-18(17)33-25)16-8-12-22(40-41(37,38)28(29,30)31)24-20-11-10-19(23(16)24)34(20)4/h7-9,12,14,19-21H,5-6,10-11,13H2,1-4H3,(H,32,33)/t19?,20?,21-/m0/s1. The van der Waals surface area contributed by atoms with Crippen molar-refractivity contribution >= 4 is 27.2 Å². The molecule has 0 saturated carbocycles. The maximum atomic E-state index is 13.1. The van der Waals surface area contributed by atoms with E-state index in [2.05, 4.69) is 14.1 Å². The van der Waals surface area contributed by atoms with Crippen LogP contribution < -0.4 is 4.18 Å². The molecule has 13 heteroatoms. The van der Waals surface area contributed by atoms with Crippen molar-refractivity contribution in [3.05, 3.63) is 47.3 Å². The maximum absolute atomic E-state index is 13.1. The lowest BCUT2D eigenvalue weighted by Crippen LogP contribution is -2.36. The molecule has 3 aliphatic rings. The number of amides is 1. The highest BCUT2D eigenvalue weighted by Crippen LogP contribution is 2.58. The molecule has 3 aliphatic heterocycles. The van der Waals surface area contributed by atoms with Gasteiger partial charge >= 0.3 is 21.7 Å². The topological polar surface area (TPSA) is 105 Å². The van der Waals surface area contributed by atoms with Gasteiger partial charge in [-0.2, -0.15) is 21.6 Å². The molecule has 1 N–H and O–H groups in total. The normalized spacial score (nSPS) is 22.9. The van der Waals surface area contributed by atoms with E-state index in [9.17, 15) is 26.4 Å². The highest BCUT2D eigenvalue weighted by Gasteiger charge is 2.51. The molecule has 2 bridgehead atoms. The summed E-state index contributed by atoms with van der Waals surface area (Å²) in [6, 6.07) is 8.04. The third-order valence-corrected chi connectivity index (χ3v) is 9.07. The summed E-state index contributed by atoms with van der Waals surface area (Å²) >= 11 is 0. The van der Waals surface area contributed by atoms with E-state index < -0.39 is 21.2 Å². The van der Waals surface area contributed by atoms with Gasteiger partial charge in [-0.15, -0.1) is 0 Å². The molecule has 2 unspecified atom stereocenters. The fourth-order valence-electron chi connectivity index (χ4n) is 6.39. The summed E-state index contributed by atoms with van der Waals surface area (Å²) in [5.41, 5.74) is -1.80. The van der Waals surface area contributed by atoms with Crippen molar-refractivity contribution in [2.45, 2.75) is 75.7 Å². The first-order chi connectivity index (χ1) is 19.1. The summed E-state index contributed by atoms with van der Waals surface area (Å²) in [5, 5.41) is 0. The lowest BCUT2D eigenvalue weighted by atomic mass is 9.85. The van der Waals surface area contributed by atoms with Gasteiger partial charge in [-0.3, -0.25) is 9.80 Å². The molecule has 2 fully saturated rings. The molecule has 1 amide bonds. The Bertz CT molecular complexity index is 1650. The summed E-state index contributed by atoms with van der Waals surface area (Å²) in [4.78, 5) is 24.7. The molecule has 220 valence electrons. The number of carbonyl (C=O) groups is 1. The zero-order valence-electron chi connectivity index (χ0n) is 23.1. The van der Waals surface area contributed by atoms with Gasteiger partial charge < -0.3 is 13.9 Å². The van der Waals surface area contributed by atoms with Crippen molar-refractivity contribution < 1.29 is 35.3 Å². The summed E-state index contributed by atoms with van der Waals surface area (Å²) in [6.45, 7) is 6.05. The second-order valence-corrected chi connectivity index (χ2v) is 13.4. The average molecular weight is 593 g/mol. The SMILES string of the molecule is CN1C2CCC1c1c(-c3ccc4nc([C@@H]5CCCN5C(=O)OC(C)(C)C)[nH]c4c3)ccc(OS(=O)(=O)C(F)(F)F)c12. The molecular formula is C28H31F3N4O5S. The number of hydrogen-bond donors (Lipinski definition) is 1. The maximum Gasteiger partial charge on any atom is 0.534 e. The van der Waals surface area contributed by atoms with E-state index in [0.29, 0.717) is 29.9 Å². The number of likely N-dealkylation sites (tertiary alicyclic amines) is 1. The average Bonchev–Trinajstić information content (AvgIpc) is 3.64. The van der Waals surface area contributed by atoms with E-state index in [1.807, 2.05) is 46.0 Å². The molecule has 1 aromatic heterocycles. The number of halogens is 3. The van der Waals surface area contributed by atoms with Gasteiger partial charge in [0.05, 0.1) is 17.1 Å². The van der Waals surface area contributed by atoms with Crippen LogP contribution in [0, 0.1) is 0 Å². The smallest absolute Gasteiger partial charge is 0.444 e. The zero-order chi connectivity index (χ0) is 29.5. The first kappa shape index (κ1) is 27.8. The molecule has 9 nitrogen and oxygen atoms in total.